The summed E-state index contributed by atoms with van der Waals surface area (Å²) in [5, 5.41) is 7.41. The molecule has 2 rings (SSSR count). The van der Waals surface area contributed by atoms with Crippen LogP contribution in [0.25, 0.3) is 0 Å². The number of nitrogens with zero attached hydrogens (tertiary/aromatic N) is 2. The lowest BCUT2D eigenvalue weighted by Crippen LogP contribution is -2.37. The summed E-state index contributed by atoms with van der Waals surface area (Å²) in [7, 11) is 0. The maximum Gasteiger partial charge on any atom is 0.241 e. The van der Waals surface area contributed by atoms with E-state index in [1.54, 1.807) is 4.68 Å². The molecule has 0 unspecified atom stereocenters. The second-order valence-electron chi connectivity index (χ2n) is 5.50. The third kappa shape index (κ3) is 3.49. The third-order valence-electron chi connectivity index (χ3n) is 3.95. The fraction of sp³-hybridized carbons (Fsp3) is 0.714. The first kappa shape index (κ1) is 13.9. The van der Waals surface area contributed by atoms with Gasteiger partial charge in [0.15, 0.2) is 0 Å². The van der Waals surface area contributed by atoms with Crippen LogP contribution >= 0.6 is 0 Å². The number of hydrogen-bond donors (Lipinski definition) is 2. The lowest BCUT2D eigenvalue weighted by atomic mass is 10.1. The molecular weight excluding hydrogens is 240 g/mol. The second kappa shape index (κ2) is 6.08. The van der Waals surface area contributed by atoms with E-state index in [1.165, 1.54) is 25.7 Å². The fourth-order valence-corrected chi connectivity index (χ4v) is 2.70. The Balaban J connectivity index is 1.91. The zero-order valence-corrected chi connectivity index (χ0v) is 11.9. The van der Waals surface area contributed by atoms with Gasteiger partial charge in [0.1, 0.15) is 6.54 Å². The Morgan fingerprint density at radius 1 is 1.32 bits per heavy atom. The van der Waals surface area contributed by atoms with Crippen LogP contribution in [0.5, 0.6) is 0 Å². The van der Waals surface area contributed by atoms with E-state index in [4.69, 9.17) is 5.73 Å². The molecule has 1 fully saturated rings. The van der Waals surface area contributed by atoms with Crippen LogP contribution < -0.4 is 11.1 Å². The van der Waals surface area contributed by atoms with Crippen molar-refractivity contribution in [2.45, 2.75) is 65.0 Å². The average Bonchev–Trinajstić information content (AvgIpc) is 2.61. The van der Waals surface area contributed by atoms with Gasteiger partial charge in [-0.15, -0.1) is 0 Å². The van der Waals surface area contributed by atoms with Crippen molar-refractivity contribution in [3.63, 3.8) is 0 Å². The Morgan fingerprint density at radius 2 is 1.95 bits per heavy atom. The van der Waals surface area contributed by atoms with E-state index in [-0.39, 0.29) is 12.5 Å². The van der Waals surface area contributed by atoms with E-state index in [9.17, 15) is 4.79 Å². The molecule has 0 atom stereocenters. The van der Waals surface area contributed by atoms with Crippen LogP contribution in [0.2, 0.25) is 0 Å². The van der Waals surface area contributed by atoms with Crippen molar-refractivity contribution in [3.05, 3.63) is 11.4 Å². The summed E-state index contributed by atoms with van der Waals surface area (Å²) >= 11 is 0. The Morgan fingerprint density at radius 3 is 2.47 bits per heavy atom. The van der Waals surface area contributed by atoms with Crippen LogP contribution in [0.3, 0.4) is 0 Å². The molecule has 106 valence electrons. The van der Waals surface area contributed by atoms with Gasteiger partial charge in [-0.1, -0.05) is 25.7 Å². The van der Waals surface area contributed by atoms with Gasteiger partial charge in [-0.3, -0.25) is 9.48 Å². The van der Waals surface area contributed by atoms with Gasteiger partial charge in [0.05, 0.1) is 17.1 Å². The van der Waals surface area contributed by atoms with Crippen molar-refractivity contribution in [2.24, 2.45) is 0 Å². The minimum absolute atomic E-state index is 0.0394. The van der Waals surface area contributed by atoms with E-state index >= 15 is 0 Å². The molecule has 0 saturated heterocycles. The number of carbonyl (C=O) groups is 1. The average molecular weight is 264 g/mol. The van der Waals surface area contributed by atoms with Crippen molar-refractivity contribution in [1.82, 2.24) is 15.1 Å². The SMILES string of the molecule is Cc1nn(CC(=O)NC2CCCCCC2)c(C)c1N. The minimum atomic E-state index is 0.0394. The first-order valence-electron chi connectivity index (χ1n) is 7.16. The van der Waals surface area contributed by atoms with Gasteiger partial charge >= 0.3 is 0 Å². The molecule has 0 spiro atoms. The molecule has 1 saturated carbocycles. The van der Waals surface area contributed by atoms with E-state index in [1.807, 2.05) is 13.8 Å². The summed E-state index contributed by atoms with van der Waals surface area (Å²) in [5.74, 6) is 0.0394. The highest BCUT2D eigenvalue weighted by Gasteiger charge is 2.16. The summed E-state index contributed by atoms with van der Waals surface area (Å²) in [6, 6.07) is 0.337. The van der Waals surface area contributed by atoms with Crippen molar-refractivity contribution in [3.8, 4) is 0 Å². The fourth-order valence-electron chi connectivity index (χ4n) is 2.70. The molecule has 0 radical (unpaired) electrons. The highest BCUT2D eigenvalue weighted by atomic mass is 16.2. The highest BCUT2D eigenvalue weighted by molar-refractivity contribution is 5.76. The van der Waals surface area contributed by atoms with Crippen LogP contribution in [0.4, 0.5) is 5.69 Å². The number of anilines is 1. The molecule has 1 aliphatic carbocycles. The van der Waals surface area contributed by atoms with Crippen LogP contribution in [0.15, 0.2) is 0 Å². The number of carbonyl (C=O) groups excluding carboxylic acids is 1. The number of nitrogens with one attached hydrogen (secondary N) is 1. The van der Waals surface area contributed by atoms with E-state index in [2.05, 4.69) is 10.4 Å². The third-order valence-corrected chi connectivity index (χ3v) is 3.95. The lowest BCUT2D eigenvalue weighted by molar-refractivity contribution is -0.122. The molecule has 0 bridgehead atoms. The maximum atomic E-state index is 12.1. The number of nitrogens with two attached hydrogens (primary N) is 1. The normalized spacial score (nSPS) is 17.2. The van der Waals surface area contributed by atoms with Gasteiger partial charge in [0.2, 0.25) is 5.91 Å². The van der Waals surface area contributed by atoms with Crippen molar-refractivity contribution >= 4 is 11.6 Å². The van der Waals surface area contributed by atoms with Crippen molar-refractivity contribution in [1.29, 1.82) is 0 Å². The summed E-state index contributed by atoms with van der Waals surface area (Å²) in [6.07, 6.45) is 7.23. The van der Waals surface area contributed by atoms with Gasteiger partial charge in [-0.05, 0) is 26.7 Å². The van der Waals surface area contributed by atoms with Gasteiger partial charge in [0, 0.05) is 6.04 Å². The number of hydrogen-bond acceptors (Lipinski definition) is 3. The quantitative estimate of drug-likeness (QED) is 0.819. The zero-order valence-electron chi connectivity index (χ0n) is 11.9. The predicted molar refractivity (Wildman–Crippen MR) is 75.7 cm³/mol. The van der Waals surface area contributed by atoms with Crippen molar-refractivity contribution in [2.75, 3.05) is 5.73 Å². The van der Waals surface area contributed by atoms with E-state index in [0.29, 0.717) is 11.7 Å². The number of nitrogen functional groups attached to an aromatic ring is 1. The highest BCUT2D eigenvalue weighted by Crippen LogP contribution is 2.17. The molecular formula is C14H24N4O. The zero-order chi connectivity index (χ0) is 13.8. The van der Waals surface area contributed by atoms with Gasteiger partial charge in [-0.2, -0.15) is 5.10 Å². The Labute approximate surface area is 114 Å². The number of aryl methyl sites for hydroxylation is 1. The van der Waals surface area contributed by atoms with E-state index in [0.717, 1.165) is 24.2 Å². The van der Waals surface area contributed by atoms with Crippen LogP contribution in [0.1, 0.15) is 49.9 Å². The summed E-state index contributed by atoms with van der Waals surface area (Å²) in [6.45, 7) is 4.02. The molecule has 1 aromatic heterocycles. The standard InChI is InChI=1S/C14H24N4O/c1-10-14(15)11(2)18(17-10)9-13(19)16-12-7-5-3-4-6-8-12/h12H,3-9,15H2,1-2H3,(H,16,19). The van der Waals surface area contributed by atoms with Crippen LogP contribution in [-0.4, -0.2) is 21.7 Å². The van der Waals surface area contributed by atoms with Crippen LogP contribution in [0, 0.1) is 13.8 Å². The second-order valence-corrected chi connectivity index (χ2v) is 5.50. The molecule has 5 nitrogen and oxygen atoms in total. The maximum absolute atomic E-state index is 12.1. The molecule has 0 aromatic carbocycles. The number of amides is 1. The topological polar surface area (TPSA) is 72.9 Å². The summed E-state index contributed by atoms with van der Waals surface area (Å²) < 4.78 is 1.69. The molecule has 1 amide bonds. The van der Waals surface area contributed by atoms with Gasteiger partial charge < -0.3 is 11.1 Å². The minimum Gasteiger partial charge on any atom is -0.396 e. The smallest absolute Gasteiger partial charge is 0.241 e. The lowest BCUT2D eigenvalue weighted by Gasteiger charge is -2.16. The summed E-state index contributed by atoms with van der Waals surface area (Å²) in [4.78, 5) is 12.1. The Hall–Kier alpha value is -1.52. The van der Waals surface area contributed by atoms with E-state index < -0.39 is 0 Å². The largest absolute Gasteiger partial charge is 0.396 e. The van der Waals surface area contributed by atoms with Crippen LogP contribution in [-0.2, 0) is 11.3 Å². The number of aromatic nitrogens is 2. The molecule has 5 heteroatoms. The Bertz CT molecular complexity index is 445. The molecule has 1 aliphatic rings. The first-order chi connectivity index (χ1) is 9.08. The molecule has 1 aromatic rings. The monoisotopic (exact) mass is 264 g/mol. The summed E-state index contributed by atoms with van der Waals surface area (Å²) in [5.41, 5.74) is 8.21. The molecule has 0 aliphatic heterocycles. The molecule has 3 N–H and O–H groups in total. The number of rotatable bonds is 3. The molecule has 19 heavy (non-hydrogen) atoms. The first-order valence-corrected chi connectivity index (χ1v) is 7.16. The molecule has 1 heterocycles. The van der Waals surface area contributed by atoms with Gasteiger partial charge in [0.25, 0.3) is 0 Å². The predicted octanol–water partition coefficient (Wildman–Crippen LogP) is 1.92. The van der Waals surface area contributed by atoms with Crippen molar-refractivity contribution < 1.29 is 4.79 Å². The Kier molecular flexibility index (Phi) is 4.45. The van der Waals surface area contributed by atoms with Gasteiger partial charge in [-0.25, -0.2) is 0 Å².